The second-order valence-corrected chi connectivity index (χ2v) is 10.3. The van der Waals surface area contributed by atoms with Crippen molar-refractivity contribution in [3.63, 3.8) is 0 Å². The van der Waals surface area contributed by atoms with Gasteiger partial charge in [-0.25, -0.2) is 16.8 Å². The van der Waals surface area contributed by atoms with Crippen molar-refractivity contribution in [3.8, 4) is 6.07 Å². The van der Waals surface area contributed by atoms with Gasteiger partial charge in [-0.05, 0) is 47.8 Å². The van der Waals surface area contributed by atoms with Crippen LogP contribution in [-0.2, 0) is 20.0 Å². The quantitative estimate of drug-likeness (QED) is 0.458. The van der Waals surface area contributed by atoms with Gasteiger partial charge in [0, 0.05) is 0 Å². The zero-order valence-corrected chi connectivity index (χ0v) is 17.5. The topological polar surface area (TPSA) is 145 Å². The van der Waals surface area contributed by atoms with Crippen molar-refractivity contribution in [2.45, 2.75) is 9.10 Å². The van der Waals surface area contributed by atoms with Gasteiger partial charge in [0.15, 0.2) is 0 Å². The van der Waals surface area contributed by atoms with Crippen LogP contribution in [0.25, 0.3) is 0 Å². The van der Waals surface area contributed by atoms with E-state index >= 15 is 0 Å². The molecule has 0 saturated carbocycles. The number of amides is 1. The molecule has 12 heteroatoms. The predicted molar refractivity (Wildman–Crippen MR) is 111 cm³/mol. The molecule has 0 unspecified atom stereocenters. The van der Waals surface area contributed by atoms with Crippen molar-refractivity contribution < 1.29 is 21.6 Å². The van der Waals surface area contributed by atoms with E-state index < -0.39 is 26.0 Å². The Morgan fingerprint density at radius 1 is 0.900 bits per heavy atom. The van der Waals surface area contributed by atoms with Gasteiger partial charge in [0.2, 0.25) is 0 Å². The third kappa shape index (κ3) is 4.84. The minimum atomic E-state index is -4.10. The summed E-state index contributed by atoms with van der Waals surface area (Å²) in [6.07, 6.45) is 0. The van der Waals surface area contributed by atoms with Gasteiger partial charge < -0.3 is 0 Å². The number of thiophene rings is 1. The van der Waals surface area contributed by atoms with Gasteiger partial charge in [0.25, 0.3) is 26.0 Å². The van der Waals surface area contributed by atoms with Crippen LogP contribution in [0, 0.1) is 11.3 Å². The molecule has 9 nitrogen and oxygen atoms in total. The zero-order valence-electron chi connectivity index (χ0n) is 15.1. The van der Waals surface area contributed by atoms with Crippen LogP contribution in [0.2, 0.25) is 0 Å². The van der Waals surface area contributed by atoms with Crippen LogP contribution in [0.1, 0.15) is 15.9 Å². The fraction of sp³-hybridized carbons (Fsp3) is 0. The van der Waals surface area contributed by atoms with Crippen LogP contribution >= 0.6 is 11.3 Å². The summed E-state index contributed by atoms with van der Waals surface area (Å²) in [5.41, 5.74) is 2.24. The van der Waals surface area contributed by atoms with E-state index in [1.807, 2.05) is 10.9 Å². The number of nitrogens with one attached hydrogen (secondary N) is 3. The van der Waals surface area contributed by atoms with Gasteiger partial charge in [-0.15, -0.1) is 16.2 Å². The van der Waals surface area contributed by atoms with E-state index in [4.69, 9.17) is 5.26 Å². The van der Waals surface area contributed by atoms with Crippen molar-refractivity contribution in [1.82, 2.24) is 10.3 Å². The third-order valence-corrected chi connectivity index (χ3v) is 7.80. The number of sulfonamides is 2. The standard InChI is InChI=1S/C18H14N4O5S3/c19-12-13-7-9-14(10-8-13)29(24,25)22-20-18(23)15-4-1-2-5-16(15)21-30(26,27)17-6-3-11-28-17/h1-11,21-22H,(H,20,23). The fourth-order valence-electron chi connectivity index (χ4n) is 2.33. The first-order chi connectivity index (χ1) is 14.2. The number of hydrogen-bond acceptors (Lipinski definition) is 7. The fourth-order valence-corrected chi connectivity index (χ4v) is 5.24. The number of benzene rings is 2. The summed E-state index contributed by atoms with van der Waals surface area (Å²) in [4.78, 5) is 14.3. The number of anilines is 1. The molecule has 3 aromatic rings. The number of hydrazine groups is 1. The number of nitriles is 1. The Morgan fingerprint density at radius 3 is 2.23 bits per heavy atom. The monoisotopic (exact) mass is 462 g/mol. The average Bonchev–Trinajstić information content (AvgIpc) is 3.28. The number of carbonyl (C=O) groups excluding carboxylic acids is 1. The summed E-state index contributed by atoms with van der Waals surface area (Å²) in [6.45, 7) is 0. The summed E-state index contributed by atoms with van der Waals surface area (Å²) >= 11 is 1.01. The molecular formula is C18H14N4O5S3. The average molecular weight is 463 g/mol. The van der Waals surface area contributed by atoms with Gasteiger partial charge in [-0.2, -0.15) is 5.26 Å². The van der Waals surface area contributed by atoms with E-state index in [-0.39, 0.29) is 25.9 Å². The van der Waals surface area contributed by atoms with E-state index in [0.29, 0.717) is 0 Å². The summed E-state index contributed by atoms with van der Waals surface area (Å²) in [7, 11) is -8.00. The summed E-state index contributed by atoms with van der Waals surface area (Å²) < 4.78 is 51.9. The van der Waals surface area contributed by atoms with Gasteiger partial charge >= 0.3 is 0 Å². The Bertz CT molecular complexity index is 1310. The summed E-state index contributed by atoms with van der Waals surface area (Å²) in [5.74, 6) is -0.864. The number of nitrogens with zero attached hydrogens (tertiary/aromatic N) is 1. The molecule has 1 heterocycles. The maximum atomic E-state index is 12.5. The maximum Gasteiger partial charge on any atom is 0.271 e. The molecule has 3 rings (SSSR count). The molecule has 3 N–H and O–H groups in total. The lowest BCUT2D eigenvalue weighted by molar-refractivity contribution is 0.0946. The molecule has 0 aliphatic rings. The van der Waals surface area contributed by atoms with Crippen LogP contribution in [0.15, 0.2) is 75.1 Å². The number of hydrogen-bond donors (Lipinski definition) is 3. The van der Waals surface area contributed by atoms with Crippen LogP contribution in [0.4, 0.5) is 5.69 Å². The lowest BCUT2D eigenvalue weighted by atomic mass is 10.2. The molecule has 30 heavy (non-hydrogen) atoms. The lowest BCUT2D eigenvalue weighted by Gasteiger charge is -2.13. The van der Waals surface area contributed by atoms with Gasteiger partial charge in [-0.1, -0.05) is 18.2 Å². The highest BCUT2D eigenvalue weighted by Crippen LogP contribution is 2.22. The summed E-state index contributed by atoms with van der Waals surface area (Å²) in [5, 5.41) is 10.4. The Labute approximate surface area is 177 Å². The van der Waals surface area contributed by atoms with Crippen molar-refractivity contribution in [3.05, 3.63) is 77.2 Å². The maximum absolute atomic E-state index is 12.5. The molecule has 0 aliphatic carbocycles. The molecule has 2 aromatic carbocycles. The molecular weight excluding hydrogens is 448 g/mol. The van der Waals surface area contributed by atoms with Gasteiger partial charge in [-0.3, -0.25) is 14.9 Å². The molecule has 0 saturated heterocycles. The Morgan fingerprint density at radius 2 is 1.60 bits per heavy atom. The molecule has 1 amide bonds. The molecule has 0 atom stereocenters. The van der Waals surface area contributed by atoms with Crippen molar-refractivity contribution in [1.29, 1.82) is 5.26 Å². The number of para-hydroxylation sites is 1. The van der Waals surface area contributed by atoms with Crippen LogP contribution in [-0.4, -0.2) is 22.7 Å². The van der Waals surface area contributed by atoms with Crippen LogP contribution in [0.3, 0.4) is 0 Å². The van der Waals surface area contributed by atoms with Crippen molar-refractivity contribution in [2.24, 2.45) is 0 Å². The first-order valence-corrected chi connectivity index (χ1v) is 12.1. The van der Waals surface area contributed by atoms with E-state index in [0.717, 1.165) is 11.3 Å². The highest BCUT2D eigenvalue weighted by Gasteiger charge is 2.21. The van der Waals surface area contributed by atoms with Crippen LogP contribution < -0.4 is 15.0 Å². The summed E-state index contributed by atoms with van der Waals surface area (Å²) in [6, 6.07) is 15.7. The van der Waals surface area contributed by atoms with E-state index in [1.165, 1.54) is 54.6 Å². The predicted octanol–water partition coefficient (Wildman–Crippen LogP) is 2.04. The highest BCUT2D eigenvalue weighted by molar-refractivity contribution is 7.94. The van der Waals surface area contributed by atoms with E-state index in [1.54, 1.807) is 11.4 Å². The molecule has 1 aromatic heterocycles. The number of rotatable bonds is 7. The van der Waals surface area contributed by atoms with E-state index in [2.05, 4.69) is 10.1 Å². The normalized spacial score (nSPS) is 11.4. The van der Waals surface area contributed by atoms with Crippen LogP contribution in [0.5, 0.6) is 0 Å². The minimum absolute atomic E-state index is 0.0130. The minimum Gasteiger partial charge on any atom is -0.278 e. The smallest absolute Gasteiger partial charge is 0.271 e. The largest absolute Gasteiger partial charge is 0.278 e. The SMILES string of the molecule is N#Cc1ccc(S(=O)(=O)NNC(=O)c2ccccc2NS(=O)(=O)c2cccs2)cc1. The molecule has 0 bridgehead atoms. The molecule has 0 radical (unpaired) electrons. The second kappa shape index (κ2) is 8.64. The molecule has 154 valence electrons. The highest BCUT2D eigenvalue weighted by atomic mass is 32.2. The molecule has 0 aliphatic heterocycles. The Hall–Kier alpha value is -3.24. The first-order valence-electron chi connectivity index (χ1n) is 8.20. The third-order valence-electron chi connectivity index (χ3n) is 3.77. The van der Waals surface area contributed by atoms with Crippen molar-refractivity contribution in [2.75, 3.05) is 4.72 Å². The van der Waals surface area contributed by atoms with Gasteiger partial charge in [0.05, 0.1) is 27.8 Å². The zero-order chi connectivity index (χ0) is 21.8. The molecule has 0 spiro atoms. The van der Waals surface area contributed by atoms with Crippen molar-refractivity contribution >= 4 is 43.0 Å². The molecule has 0 fully saturated rings. The van der Waals surface area contributed by atoms with Gasteiger partial charge in [0.1, 0.15) is 4.21 Å². The first kappa shape index (κ1) is 21.5. The Balaban J connectivity index is 1.77. The van der Waals surface area contributed by atoms with E-state index in [9.17, 15) is 21.6 Å². The lowest BCUT2D eigenvalue weighted by Crippen LogP contribution is -2.41. The second-order valence-electron chi connectivity index (χ2n) is 5.78. The number of carbonyl (C=O) groups is 1. The Kier molecular flexibility index (Phi) is 6.18.